The molecule has 100 valence electrons. The highest BCUT2D eigenvalue weighted by Gasteiger charge is 2.15. The maximum atomic E-state index is 12.3. The third-order valence-electron chi connectivity index (χ3n) is 3.13. The van der Waals surface area contributed by atoms with Crippen LogP contribution in [-0.4, -0.2) is 15.7 Å². The summed E-state index contributed by atoms with van der Waals surface area (Å²) in [7, 11) is 1.75. The molecule has 0 saturated carbocycles. The highest BCUT2D eigenvalue weighted by molar-refractivity contribution is 6.06. The molecule has 5 heteroatoms. The third-order valence-corrected chi connectivity index (χ3v) is 3.13. The number of nitrogens with one attached hydrogen (secondary N) is 1. The third kappa shape index (κ3) is 2.45. The Morgan fingerprint density at radius 3 is 2.53 bits per heavy atom. The number of anilines is 2. The molecule has 0 aliphatic carbocycles. The minimum atomic E-state index is -0.174. The molecule has 0 aliphatic rings. The molecule has 1 aromatic carbocycles. The number of aromatic nitrogens is 2. The Kier molecular flexibility index (Phi) is 3.29. The van der Waals surface area contributed by atoms with E-state index in [1.54, 1.807) is 11.7 Å². The molecule has 19 heavy (non-hydrogen) atoms. The van der Waals surface area contributed by atoms with Crippen LogP contribution in [0.1, 0.15) is 27.2 Å². The van der Waals surface area contributed by atoms with E-state index in [-0.39, 0.29) is 5.91 Å². The molecule has 2 aromatic rings. The number of hydrogen-bond acceptors (Lipinski definition) is 3. The average Bonchev–Trinajstić information content (AvgIpc) is 2.56. The van der Waals surface area contributed by atoms with Crippen molar-refractivity contribution in [3.8, 4) is 0 Å². The quantitative estimate of drug-likeness (QED) is 0.867. The van der Waals surface area contributed by atoms with E-state index in [2.05, 4.69) is 10.4 Å². The van der Waals surface area contributed by atoms with Crippen LogP contribution in [0, 0.1) is 20.8 Å². The Morgan fingerprint density at radius 1 is 1.32 bits per heavy atom. The van der Waals surface area contributed by atoms with E-state index in [9.17, 15) is 4.79 Å². The summed E-state index contributed by atoms with van der Waals surface area (Å²) in [6.45, 7) is 5.72. The fraction of sp³-hybridized carbons (Fsp3) is 0.286. The molecule has 0 radical (unpaired) electrons. The largest absolute Gasteiger partial charge is 0.394 e. The molecule has 1 aromatic heterocycles. The molecular weight excluding hydrogens is 240 g/mol. The second-order valence-corrected chi connectivity index (χ2v) is 4.74. The van der Waals surface area contributed by atoms with Crippen LogP contribution < -0.4 is 11.1 Å². The second-order valence-electron chi connectivity index (χ2n) is 4.74. The van der Waals surface area contributed by atoms with Gasteiger partial charge < -0.3 is 11.1 Å². The Bertz CT molecular complexity index is 643. The Hall–Kier alpha value is -2.30. The van der Waals surface area contributed by atoms with Crippen molar-refractivity contribution in [1.29, 1.82) is 0 Å². The normalized spacial score (nSPS) is 10.5. The van der Waals surface area contributed by atoms with E-state index < -0.39 is 0 Å². The lowest BCUT2D eigenvalue weighted by molar-refractivity contribution is 0.102. The van der Waals surface area contributed by atoms with E-state index in [1.165, 1.54) is 0 Å². The molecular formula is C14H18N4O. The first-order valence-electron chi connectivity index (χ1n) is 6.08. The number of amides is 1. The van der Waals surface area contributed by atoms with E-state index in [0.29, 0.717) is 22.8 Å². The van der Waals surface area contributed by atoms with Crippen LogP contribution in [0.25, 0.3) is 0 Å². The Morgan fingerprint density at radius 2 is 2.00 bits per heavy atom. The predicted octanol–water partition coefficient (Wildman–Crippen LogP) is 2.18. The van der Waals surface area contributed by atoms with Crippen LogP contribution in [0.2, 0.25) is 0 Å². The van der Waals surface area contributed by atoms with Crippen LogP contribution in [0.3, 0.4) is 0 Å². The van der Waals surface area contributed by atoms with Crippen LogP contribution in [-0.2, 0) is 7.05 Å². The zero-order valence-corrected chi connectivity index (χ0v) is 11.6. The molecule has 0 spiro atoms. The first-order chi connectivity index (χ1) is 8.90. The number of aryl methyl sites for hydroxylation is 4. The number of benzene rings is 1. The van der Waals surface area contributed by atoms with Gasteiger partial charge in [0.05, 0.1) is 11.4 Å². The molecule has 0 atom stereocenters. The lowest BCUT2D eigenvalue weighted by Gasteiger charge is -2.09. The van der Waals surface area contributed by atoms with E-state index in [1.807, 2.05) is 39.0 Å². The van der Waals surface area contributed by atoms with Crippen LogP contribution >= 0.6 is 0 Å². The first kappa shape index (κ1) is 13.1. The van der Waals surface area contributed by atoms with Crippen LogP contribution in [0.4, 0.5) is 11.5 Å². The lowest BCUT2D eigenvalue weighted by Crippen LogP contribution is -2.16. The minimum absolute atomic E-state index is 0.174. The molecule has 0 bridgehead atoms. The second kappa shape index (κ2) is 4.76. The van der Waals surface area contributed by atoms with Crippen molar-refractivity contribution in [1.82, 2.24) is 9.78 Å². The Labute approximate surface area is 112 Å². The zero-order chi connectivity index (χ0) is 14.2. The average molecular weight is 258 g/mol. The molecule has 5 nitrogen and oxygen atoms in total. The van der Waals surface area contributed by atoms with Gasteiger partial charge in [-0.1, -0.05) is 17.7 Å². The summed E-state index contributed by atoms with van der Waals surface area (Å²) in [6.07, 6.45) is 0. The maximum absolute atomic E-state index is 12.3. The fourth-order valence-electron chi connectivity index (χ4n) is 2.07. The van der Waals surface area contributed by atoms with Crippen molar-refractivity contribution in [2.45, 2.75) is 20.8 Å². The number of carbonyl (C=O) groups excluding carboxylic acids is 1. The van der Waals surface area contributed by atoms with Gasteiger partial charge in [-0.05, 0) is 32.4 Å². The predicted molar refractivity (Wildman–Crippen MR) is 76.2 cm³/mol. The summed E-state index contributed by atoms with van der Waals surface area (Å²) < 4.78 is 1.58. The molecule has 1 heterocycles. The standard InChI is InChI=1S/C14H18N4O/c1-8-5-6-11(9(2)7-8)14(19)16-13-12(15)10(3)17-18(13)4/h5-7H,15H2,1-4H3,(H,16,19). The number of nitrogen functional groups attached to an aromatic ring is 1. The van der Waals surface area contributed by atoms with Crippen molar-refractivity contribution < 1.29 is 4.79 Å². The summed E-state index contributed by atoms with van der Waals surface area (Å²) in [5.41, 5.74) is 9.81. The zero-order valence-electron chi connectivity index (χ0n) is 11.6. The van der Waals surface area contributed by atoms with Gasteiger partial charge >= 0.3 is 0 Å². The SMILES string of the molecule is Cc1ccc(C(=O)Nc2c(N)c(C)nn2C)c(C)c1. The van der Waals surface area contributed by atoms with Gasteiger partial charge in [0.15, 0.2) is 5.82 Å². The molecule has 0 fully saturated rings. The smallest absolute Gasteiger partial charge is 0.257 e. The number of nitrogens with zero attached hydrogens (tertiary/aromatic N) is 2. The minimum Gasteiger partial charge on any atom is -0.394 e. The van der Waals surface area contributed by atoms with Crippen molar-refractivity contribution >= 4 is 17.4 Å². The molecule has 0 saturated heterocycles. The maximum Gasteiger partial charge on any atom is 0.257 e. The lowest BCUT2D eigenvalue weighted by atomic mass is 10.1. The van der Waals surface area contributed by atoms with Crippen molar-refractivity contribution in [2.75, 3.05) is 11.1 Å². The number of nitrogens with two attached hydrogens (primary N) is 1. The molecule has 1 amide bonds. The summed E-state index contributed by atoms with van der Waals surface area (Å²) in [6, 6.07) is 5.71. The van der Waals surface area contributed by atoms with Crippen molar-refractivity contribution in [3.63, 3.8) is 0 Å². The number of carbonyl (C=O) groups is 1. The summed E-state index contributed by atoms with van der Waals surface area (Å²) >= 11 is 0. The van der Waals surface area contributed by atoms with E-state index in [4.69, 9.17) is 5.73 Å². The number of rotatable bonds is 2. The van der Waals surface area contributed by atoms with Crippen LogP contribution in [0.15, 0.2) is 18.2 Å². The molecule has 3 N–H and O–H groups in total. The molecule has 2 rings (SSSR count). The molecule has 0 aliphatic heterocycles. The highest BCUT2D eigenvalue weighted by atomic mass is 16.1. The van der Waals surface area contributed by atoms with Gasteiger partial charge in [-0.15, -0.1) is 0 Å². The van der Waals surface area contributed by atoms with Crippen molar-refractivity contribution in [2.24, 2.45) is 7.05 Å². The first-order valence-corrected chi connectivity index (χ1v) is 6.08. The van der Waals surface area contributed by atoms with Gasteiger partial charge in [0.1, 0.15) is 0 Å². The summed E-state index contributed by atoms with van der Waals surface area (Å²) in [5, 5.41) is 6.98. The summed E-state index contributed by atoms with van der Waals surface area (Å²) in [5.74, 6) is 0.356. The van der Waals surface area contributed by atoms with Crippen molar-refractivity contribution in [3.05, 3.63) is 40.6 Å². The summed E-state index contributed by atoms with van der Waals surface area (Å²) in [4.78, 5) is 12.3. The van der Waals surface area contributed by atoms with Gasteiger partial charge in [0, 0.05) is 12.6 Å². The number of hydrogen-bond donors (Lipinski definition) is 2. The van der Waals surface area contributed by atoms with Gasteiger partial charge in [0.2, 0.25) is 0 Å². The highest BCUT2D eigenvalue weighted by Crippen LogP contribution is 2.22. The van der Waals surface area contributed by atoms with E-state index >= 15 is 0 Å². The fourth-order valence-corrected chi connectivity index (χ4v) is 2.07. The van der Waals surface area contributed by atoms with Gasteiger partial charge in [0.25, 0.3) is 5.91 Å². The van der Waals surface area contributed by atoms with Gasteiger partial charge in [-0.25, -0.2) is 0 Å². The molecule has 0 unspecified atom stereocenters. The topological polar surface area (TPSA) is 72.9 Å². The monoisotopic (exact) mass is 258 g/mol. The van der Waals surface area contributed by atoms with E-state index in [0.717, 1.165) is 11.1 Å². The van der Waals surface area contributed by atoms with Crippen LogP contribution in [0.5, 0.6) is 0 Å². The van der Waals surface area contributed by atoms with Gasteiger partial charge in [-0.2, -0.15) is 5.10 Å². The van der Waals surface area contributed by atoms with Gasteiger partial charge in [-0.3, -0.25) is 9.48 Å². The Balaban J connectivity index is 2.31.